The van der Waals surface area contributed by atoms with Crippen molar-refractivity contribution < 1.29 is 13.9 Å². The zero-order valence-electron chi connectivity index (χ0n) is 11.6. The van der Waals surface area contributed by atoms with Crippen molar-refractivity contribution >= 4 is 0 Å². The SMILES string of the molecule is COc1ccc(C(C)Oc2ccc(CN)cc2F)cc1. The molecule has 0 amide bonds. The number of hydrogen-bond acceptors (Lipinski definition) is 3. The standard InChI is InChI=1S/C16H18FNO2/c1-11(13-4-6-14(19-2)7-5-13)20-16-8-3-12(10-18)9-15(16)17/h3-9,11H,10,18H2,1-2H3. The summed E-state index contributed by atoms with van der Waals surface area (Å²) in [5.41, 5.74) is 7.16. The van der Waals surface area contributed by atoms with E-state index in [1.165, 1.54) is 6.07 Å². The number of ether oxygens (including phenoxy) is 2. The van der Waals surface area contributed by atoms with Crippen LogP contribution in [-0.4, -0.2) is 7.11 Å². The molecule has 2 aromatic rings. The van der Waals surface area contributed by atoms with Gasteiger partial charge in [0.05, 0.1) is 7.11 Å². The van der Waals surface area contributed by atoms with Crippen molar-refractivity contribution in [3.63, 3.8) is 0 Å². The van der Waals surface area contributed by atoms with E-state index in [9.17, 15) is 4.39 Å². The highest BCUT2D eigenvalue weighted by Crippen LogP contribution is 2.26. The average Bonchev–Trinajstić information content (AvgIpc) is 2.49. The van der Waals surface area contributed by atoms with E-state index in [2.05, 4.69) is 0 Å². The van der Waals surface area contributed by atoms with Gasteiger partial charge in [-0.05, 0) is 42.3 Å². The molecule has 0 aromatic heterocycles. The van der Waals surface area contributed by atoms with Gasteiger partial charge in [-0.2, -0.15) is 0 Å². The van der Waals surface area contributed by atoms with Gasteiger partial charge in [-0.3, -0.25) is 0 Å². The van der Waals surface area contributed by atoms with E-state index in [-0.39, 0.29) is 11.9 Å². The molecule has 3 nitrogen and oxygen atoms in total. The first-order chi connectivity index (χ1) is 9.63. The molecule has 2 N–H and O–H groups in total. The molecule has 20 heavy (non-hydrogen) atoms. The smallest absolute Gasteiger partial charge is 0.165 e. The summed E-state index contributed by atoms with van der Waals surface area (Å²) in [4.78, 5) is 0. The highest BCUT2D eigenvalue weighted by atomic mass is 19.1. The van der Waals surface area contributed by atoms with E-state index >= 15 is 0 Å². The lowest BCUT2D eigenvalue weighted by Crippen LogP contribution is -2.05. The van der Waals surface area contributed by atoms with Crippen LogP contribution in [0.5, 0.6) is 11.5 Å². The van der Waals surface area contributed by atoms with Gasteiger partial charge in [0.25, 0.3) is 0 Å². The summed E-state index contributed by atoms with van der Waals surface area (Å²) in [7, 11) is 1.61. The molecule has 0 heterocycles. The van der Waals surface area contributed by atoms with E-state index in [1.54, 1.807) is 19.2 Å². The number of hydrogen-bond donors (Lipinski definition) is 1. The van der Waals surface area contributed by atoms with Gasteiger partial charge in [0, 0.05) is 6.54 Å². The molecule has 0 spiro atoms. The Morgan fingerprint density at radius 1 is 1.15 bits per heavy atom. The van der Waals surface area contributed by atoms with Crippen molar-refractivity contribution in [1.82, 2.24) is 0 Å². The Morgan fingerprint density at radius 3 is 2.40 bits per heavy atom. The van der Waals surface area contributed by atoms with E-state index in [0.717, 1.165) is 16.9 Å². The van der Waals surface area contributed by atoms with Gasteiger partial charge in [-0.25, -0.2) is 4.39 Å². The van der Waals surface area contributed by atoms with Crippen LogP contribution in [0.25, 0.3) is 0 Å². The molecule has 1 unspecified atom stereocenters. The minimum atomic E-state index is -0.395. The number of nitrogens with two attached hydrogens (primary N) is 1. The van der Waals surface area contributed by atoms with E-state index < -0.39 is 5.82 Å². The lowest BCUT2D eigenvalue weighted by atomic mass is 10.1. The average molecular weight is 275 g/mol. The zero-order valence-corrected chi connectivity index (χ0v) is 11.6. The highest BCUT2D eigenvalue weighted by molar-refractivity contribution is 5.32. The number of benzene rings is 2. The number of halogens is 1. The second kappa shape index (κ2) is 6.39. The Balaban J connectivity index is 2.12. The molecule has 2 rings (SSSR count). The third-order valence-electron chi connectivity index (χ3n) is 3.12. The van der Waals surface area contributed by atoms with Gasteiger partial charge in [0.15, 0.2) is 11.6 Å². The summed E-state index contributed by atoms with van der Waals surface area (Å²) < 4.78 is 24.6. The van der Waals surface area contributed by atoms with Crippen molar-refractivity contribution in [2.45, 2.75) is 19.6 Å². The molecule has 0 fully saturated rings. The predicted molar refractivity (Wildman–Crippen MR) is 76.3 cm³/mol. The Kier molecular flexibility index (Phi) is 4.58. The first kappa shape index (κ1) is 14.3. The van der Waals surface area contributed by atoms with E-state index in [4.69, 9.17) is 15.2 Å². The summed E-state index contributed by atoms with van der Waals surface area (Å²) in [6.45, 7) is 2.18. The van der Waals surface area contributed by atoms with Crippen LogP contribution in [0.4, 0.5) is 4.39 Å². The fourth-order valence-electron chi connectivity index (χ4n) is 1.90. The van der Waals surface area contributed by atoms with Crippen LogP contribution in [0.2, 0.25) is 0 Å². The summed E-state index contributed by atoms with van der Waals surface area (Å²) >= 11 is 0. The van der Waals surface area contributed by atoms with E-state index in [1.807, 2.05) is 31.2 Å². The fraction of sp³-hybridized carbons (Fsp3) is 0.250. The van der Waals surface area contributed by atoms with Crippen LogP contribution in [0.3, 0.4) is 0 Å². The molecular formula is C16H18FNO2. The van der Waals surface area contributed by atoms with Crippen LogP contribution < -0.4 is 15.2 Å². The van der Waals surface area contributed by atoms with Crippen molar-refractivity contribution in [2.75, 3.05) is 7.11 Å². The topological polar surface area (TPSA) is 44.5 Å². The highest BCUT2D eigenvalue weighted by Gasteiger charge is 2.11. The number of rotatable bonds is 5. The lowest BCUT2D eigenvalue weighted by Gasteiger charge is -2.16. The zero-order chi connectivity index (χ0) is 14.5. The molecule has 106 valence electrons. The van der Waals surface area contributed by atoms with Gasteiger partial charge in [0.2, 0.25) is 0 Å². The first-order valence-electron chi connectivity index (χ1n) is 6.43. The monoisotopic (exact) mass is 275 g/mol. The molecule has 0 bridgehead atoms. The van der Waals surface area contributed by atoms with Gasteiger partial charge in [0.1, 0.15) is 11.9 Å². The predicted octanol–water partition coefficient (Wildman–Crippen LogP) is 3.43. The molecular weight excluding hydrogens is 257 g/mol. The Hall–Kier alpha value is -2.07. The Labute approximate surface area is 118 Å². The lowest BCUT2D eigenvalue weighted by molar-refractivity contribution is 0.216. The molecule has 0 aliphatic carbocycles. The maximum atomic E-state index is 13.8. The summed E-state index contributed by atoms with van der Waals surface area (Å²) in [6, 6.07) is 12.3. The molecule has 0 saturated heterocycles. The Morgan fingerprint density at radius 2 is 1.85 bits per heavy atom. The third-order valence-corrected chi connectivity index (χ3v) is 3.12. The molecule has 0 aliphatic heterocycles. The Bertz CT molecular complexity index is 569. The maximum Gasteiger partial charge on any atom is 0.165 e. The molecule has 2 aromatic carbocycles. The van der Waals surface area contributed by atoms with Crippen LogP contribution in [0, 0.1) is 5.82 Å². The van der Waals surface area contributed by atoms with Crippen molar-refractivity contribution in [1.29, 1.82) is 0 Å². The van der Waals surface area contributed by atoms with Gasteiger partial charge in [-0.15, -0.1) is 0 Å². The summed E-state index contributed by atoms with van der Waals surface area (Å²) in [6.07, 6.45) is -0.251. The van der Waals surface area contributed by atoms with Crippen molar-refractivity contribution in [3.05, 3.63) is 59.4 Å². The first-order valence-corrected chi connectivity index (χ1v) is 6.43. The number of methoxy groups -OCH3 is 1. The quantitative estimate of drug-likeness (QED) is 0.909. The maximum absolute atomic E-state index is 13.8. The normalized spacial score (nSPS) is 12.0. The molecule has 0 radical (unpaired) electrons. The third kappa shape index (κ3) is 3.27. The summed E-state index contributed by atoms with van der Waals surface area (Å²) in [5.74, 6) is 0.609. The molecule has 0 saturated carbocycles. The minimum Gasteiger partial charge on any atom is -0.497 e. The largest absolute Gasteiger partial charge is 0.497 e. The van der Waals surface area contributed by atoms with Gasteiger partial charge in [-0.1, -0.05) is 18.2 Å². The van der Waals surface area contributed by atoms with Crippen LogP contribution in [0.15, 0.2) is 42.5 Å². The second-order valence-corrected chi connectivity index (χ2v) is 4.50. The summed E-state index contributed by atoms with van der Waals surface area (Å²) in [5, 5.41) is 0. The van der Waals surface area contributed by atoms with Crippen molar-refractivity contribution in [3.8, 4) is 11.5 Å². The van der Waals surface area contributed by atoms with E-state index in [0.29, 0.717) is 6.54 Å². The minimum absolute atomic E-state index is 0.227. The molecule has 0 aliphatic rings. The van der Waals surface area contributed by atoms with Crippen LogP contribution >= 0.6 is 0 Å². The van der Waals surface area contributed by atoms with Gasteiger partial charge < -0.3 is 15.2 Å². The van der Waals surface area contributed by atoms with Crippen LogP contribution in [-0.2, 0) is 6.54 Å². The van der Waals surface area contributed by atoms with Gasteiger partial charge >= 0.3 is 0 Å². The van der Waals surface area contributed by atoms with Crippen molar-refractivity contribution in [2.24, 2.45) is 5.73 Å². The van der Waals surface area contributed by atoms with Crippen LogP contribution in [0.1, 0.15) is 24.2 Å². The fourth-order valence-corrected chi connectivity index (χ4v) is 1.90. The second-order valence-electron chi connectivity index (χ2n) is 4.50. The molecule has 4 heteroatoms. The molecule has 1 atom stereocenters.